The van der Waals surface area contributed by atoms with Gasteiger partial charge in [0.25, 0.3) is 5.91 Å². The van der Waals surface area contributed by atoms with Crippen LogP contribution in [0.15, 0.2) is 24.3 Å². The number of nitrogens with zero attached hydrogens (tertiary/aromatic N) is 1. The Hall–Kier alpha value is -2.57. The van der Waals surface area contributed by atoms with Crippen molar-refractivity contribution >= 4 is 17.9 Å². The number of hydrogen-bond donors (Lipinski definition) is 1. The minimum absolute atomic E-state index is 0.0539. The van der Waals surface area contributed by atoms with Crippen molar-refractivity contribution in [3.8, 4) is 5.75 Å². The molecule has 27 heavy (non-hydrogen) atoms. The number of ether oxygens (including phenoxy) is 2. The number of carbonyl (C=O) groups excluding carboxylic acids is 3. The van der Waals surface area contributed by atoms with E-state index in [0.717, 1.165) is 35.5 Å². The smallest absolute Gasteiger partial charge is 0.326 e. The Morgan fingerprint density at radius 3 is 2.78 bits per heavy atom. The van der Waals surface area contributed by atoms with E-state index in [0.29, 0.717) is 6.42 Å². The average Bonchev–Trinajstić information content (AvgIpc) is 2.88. The van der Waals surface area contributed by atoms with E-state index in [9.17, 15) is 14.4 Å². The van der Waals surface area contributed by atoms with E-state index in [2.05, 4.69) is 5.32 Å². The van der Waals surface area contributed by atoms with Crippen LogP contribution in [0.2, 0.25) is 0 Å². The molecular formula is C20H26N2O5. The lowest BCUT2D eigenvalue weighted by Gasteiger charge is -2.36. The third-order valence-electron chi connectivity index (χ3n) is 5.49. The number of hydrogen-bond acceptors (Lipinski definition) is 5. The second-order valence-electron chi connectivity index (χ2n) is 7.27. The van der Waals surface area contributed by atoms with Crippen LogP contribution in [0.5, 0.6) is 5.75 Å². The van der Waals surface area contributed by atoms with E-state index < -0.39 is 17.5 Å². The summed E-state index contributed by atoms with van der Waals surface area (Å²) in [5.41, 5.74) is 0.138. The van der Waals surface area contributed by atoms with Gasteiger partial charge in [-0.05, 0) is 37.3 Å². The van der Waals surface area contributed by atoms with Crippen molar-refractivity contribution in [1.29, 1.82) is 0 Å². The Morgan fingerprint density at radius 1 is 1.26 bits per heavy atom. The molecule has 3 rings (SSSR count). The highest BCUT2D eigenvalue weighted by Crippen LogP contribution is 2.38. The third-order valence-corrected chi connectivity index (χ3v) is 5.49. The molecule has 1 N–H and O–H groups in total. The molecule has 1 aromatic carbocycles. The molecule has 1 spiro atoms. The Labute approximate surface area is 159 Å². The van der Waals surface area contributed by atoms with Gasteiger partial charge in [0.05, 0.1) is 0 Å². The second kappa shape index (κ2) is 7.98. The first-order chi connectivity index (χ1) is 12.9. The first kappa shape index (κ1) is 19.2. The Morgan fingerprint density at radius 2 is 2.04 bits per heavy atom. The van der Waals surface area contributed by atoms with E-state index in [-0.39, 0.29) is 31.6 Å². The highest BCUT2D eigenvalue weighted by atomic mass is 16.6. The fourth-order valence-corrected chi connectivity index (χ4v) is 3.84. The van der Waals surface area contributed by atoms with Crippen molar-refractivity contribution in [2.75, 3.05) is 19.8 Å². The molecule has 0 unspecified atom stereocenters. The van der Waals surface area contributed by atoms with Crippen LogP contribution in [0.3, 0.4) is 0 Å². The number of esters is 1. The molecule has 2 aliphatic rings. The van der Waals surface area contributed by atoms with Crippen LogP contribution in [-0.4, -0.2) is 48.1 Å². The largest absolute Gasteiger partial charge is 0.490 e. The van der Waals surface area contributed by atoms with Crippen LogP contribution in [0.25, 0.3) is 0 Å². The molecule has 2 fully saturated rings. The summed E-state index contributed by atoms with van der Waals surface area (Å²) in [5.74, 6) is -0.137. The van der Waals surface area contributed by atoms with Crippen LogP contribution >= 0.6 is 0 Å². The maximum absolute atomic E-state index is 12.8. The van der Waals surface area contributed by atoms with Crippen molar-refractivity contribution < 1.29 is 23.9 Å². The Kier molecular flexibility index (Phi) is 5.68. The standard InChI is InChI=1S/C20H26N2O5/c1-14-7-3-4-9-16(14)26-11-12-27-17(23)13-22-18(24)20(21-19(22)25)10-6-5-8-15(20)2/h3-4,7,9,15H,5-6,8,10-13H2,1-2H3,(H,21,25)/t15-,20-/m1/s1. The molecule has 3 amide bonds. The van der Waals surface area contributed by atoms with Gasteiger partial charge >= 0.3 is 12.0 Å². The van der Waals surface area contributed by atoms with Gasteiger partial charge in [-0.1, -0.05) is 38.0 Å². The molecule has 1 saturated carbocycles. The SMILES string of the molecule is Cc1ccccc1OCCOC(=O)CN1C(=O)N[C@@]2(CCCC[C@H]2C)C1=O. The van der Waals surface area contributed by atoms with Crippen molar-refractivity contribution in [1.82, 2.24) is 10.2 Å². The van der Waals surface area contributed by atoms with Crippen molar-refractivity contribution in [2.45, 2.75) is 45.1 Å². The molecule has 7 nitrogen and oxygen atoms in total. The molecule has 7 heteroatoms. The van der Waals surface area contributed by atoms with E-state index in [4.69, 9.17) is 9.47 Å². The lowest BCUT2D eigenvalue weighted by Crippen LogP contribution is -2.54. The molecule has 2 atom stereocenters. The number of rotatable bonds is 6. The first-order valence-electron chi connectivity index (χ1n) is 9.42. The van der Waals surface area contributed by atoms with E-state index in [1.807, 2.05) is 38.1 Å². The number of urea groups is 1. The lowest BCUT2D eigenvalue weighted by molar-refractivity contribution is -0.149. The van der Waals surface area contributed by atoms with Gasteiger partial charge in [-0.2, -0.15) is 0 Å². The normalized spacial score (nSPS) is 24.8. The highest BCUT2D eigenvalue weighted by Gasteiger charge is 2.55. The fourth-order valence-electron chi connectivity index (χ4n) is 3.84. The lowest BCUT2D eigenvalue weighted by atomic mass is 9.73. The maximum atomic E-state index is 12.8. The molecule has 1 aliphatic carbocycles. The number of nitrogens with one attached hydrogen (secondary N) is 1. The molecule has 146 valence electrons. The number of benzene rings is 1. The summed E-state index contributed by atoms with van der Waals surface area (Å²) in [7, 11) is 0. The predicted octanol–water partition coefficient (Wildman–Crippen LogP) is 2.42. The van der Waals surface area contributed by atoms with Gasteiger partial charge in [0.15, 0.2) is 0 Å². The predicted molar refractivity (Wildman–Crippen MR) is 98.2 cm³/mol. The third kappa shape index (κ3) is 3.91. The second-order valence-corrected chi connectivity index (χ2v) is 7.27. The van der Waals surface area contributed by atoms with E-state index >= 15 is 0 Å². The fraction of sp³-hybridized carbons (Fsp3) is 0.550. The summed E-state index contributed by atoms with van der Waals surface area (Å²) >= 11 is 0. The van der Waals surface area contributed by atoms with Gasteiger partial charge in [0, 0.05) is 0 Å². The summed E-state index contributed by atoms with van der Waals surface area (Å²) in [6, 6.07) is 7.05. The zero-order valence-corrected chi connectivity index (χ0v) is 15.8. The van der Waals surface area contributed by atoms with E-state index in [1.54, 1.807) is 0 Å². The van der Waals surface area contributed by atoms with Crippen LogP contribution < -0.4 is 10.1 Å². The van der Waals surface area contributed by atoms with E-state index in [1.165, 1.54) is 0 Å². The number of aryl methyl sites for hydroxylation is 1. The van der Waals surface area contributed by atoms with Gasteiger partial charge in [-0.25, -0.2) is 4.79 Å². The molecule has 1 aromatic rings. The molecular weight excluding hydrogens is 348 g/mol. The monoisotopic (exact) mass is 374 g/mol. The van der Waals surface area contributed by atoms with Crippen molar-refractivity contribution in [3.05, 3.63) is 29.8 Å². The molecule has 1 aliphatic heterocycles. The summed E-state index contributed by atoms with van der Waals surface area (Å²) in [6.07, 6.45) is 3.45. The summed E-state index contributed by atoms with van der Waals surface area (Å²) in [4.78, 5) is 38.1. The summed E-state index contributed by atoms with van der Waals surface area (Å²) in [5, 5.41) is 2.82. The van der Waals surface area contributed by atoms with Gasteiger partial charge in [0.1, 0.15) is 31.0 Å². The first-order valence-corrected chi connectivity index (χ1v) is 9.42. The Bertz CT molecular complexity index is 735. The molecule has 0 aromatic heterocycles. The highest BCUT2D eigenvalue weighted by molar-refractivity contribution is 6.08. The maximum Gasteiger partial charge on any atom is 0.326 e. The zero-order valence-electron chi connectivity index (χ0n) is 15.8. The molecule has 0 radical (unpaired) electrons. The molecule has 1 heterocycles. The molecule has 1 saturated heterocycles. The topological polar surface area (TPSA) is 84.9 Å². The van der Waals surface area contributed by atoms with Crippen molar-refractivity contribution in [3.63, 3.8) is 0 Å². The average molecular weight is 374 g/mol. The number of imide groups is 1. The van der Waals surface area contributed by atoms with Gasteiger partial charge < -0.3 is 14.8 Å². The zero-order chi connectivity index (χ0) is 19.4. The quantitative estimate of drug-likeness (QED) is 0.470. The van der Waals surface area contributed by atoms with Crippen LogP contribution in [-0.2, 0) is 14.3 Å². The summed E-state index contributed by atoms with van der Waals surface area (Å²) in [6.45, 7) is 3.79. The van der Waals surface area contributed by atoms with Crippen LogP contribution in [0, 0.1) is 12.8 Å². The Balaban J connectivity index is 1.48. The van der Waals surface area contributed by atoms with Gasteiger partial charge in [0.2, 0.25) is 0 Å². The van der Waals surface area contributed by atoms with Crippen LogP contribution in [0.1, 0.15) is 38.2 Å². The summed E-state index contributed by atoms with van der Waals surface area (Å²) < 4.78 is 10.7. The number of carbonyl (C=O) groups is 3. The minimum atomic E-state index is -0.858. The number of para-hydroxylation sites is 1. The number of amides is 3. The minimum Gasteiger partial charge on any atom is -0.490 e. The van der Waals surface area contributed by atoms with Gasteiger partial charge in [-0.15, -0.1) is 0 Å². The molecule has 0 bridgehead atoms. The van der Waals surface area contributed by atoms with Gasteiger partial charge in [-0.3, -0.25) is 14.5 Å². The van der Waals surface area contributed by atoms with Crippen molar-refractivity contribution in [2.24, 2.45) is 5.92 Å². The van der Waals surface area contributed by atoms with Crippen LogP contribution in [0.4, 0.5) is 4.79 Å².